The van der Waals surface area contributed by atoms with Gasteiger partial charge in [0.15, 0.2) is 23.1 Å². The third-order valence-electron chi connectivity index (χ3n) is 2.04. The minimum atomic E-state index is -1.10. The third-order valence-corrected chi connectivity index (χ3v) is 2.04. The number of phenolic OH excluding ortho intramolecular Hbond substituents is 1. The molecule has 0 aliphatic rings. The number of phenols is 1. The minimum absolute atomic E-state index is 0.0859. The summed E-state index contributed by atoms with van der Waals surface area (Å²) in [6.07, 6.45) is -1.10. The van der Waals surface area contributed by atoms with E-state index in [-0.39, 0.29) is 17.1 Å². The zero-order chi connectivity index (χ0) is 11.6. The van der Waals surface area contributed by atoms with Crippen LogP contribution in [0.3, 0.4) is 0 Å². The van der Waals surface area contributed by atoms with Crippen molar-refractivity contribution in [2.24, 2.45) is 0 Å². The van der Waals surface area contributed by atoms with Gasteiger partial charge in [-0.25, -0.2) is 4.39 Å². The quantitative estimate of drug-likeness (QED) is 0.805. The van der Waals surface area contributed by atoms with Crippen molar-refractivity contribution < 1.29 is 24.1 Å². The lowest BCUT2D eigenvalue weighted by molar-refractivity contribution is 0.185. The van der Waals surface area contributed by atoms with Gasteiger partial charge in [0.05, 0.1) is 25.9 Å². The summed E-state index contributed by atoms with van der Waals surface area (Å²) in [5.74, 6) is -1.22. The van der Waals surface area contributed by atoms with Gasteiger partial charge in [-0.2, -0.15) is 0 Å². The van der Waals surface area contributed by atoms with Crippen molar-refractivity contribution in [2.75, 3.05) is 14.2 Å². The SMILES string of the molecule is COc1cc(O)c(F)c(C(C)O)c1OC. The van der Waals surface area contributed by atoms with Gasteiger partial charge in [-0.1, -0.05) is 0 Å². The van der Waals surface area contributed by atoms with Crippen LogP contribution in [-0.2, 0) is 0 Å². The van der Waals surface area contributed by atoms with Gasteiger partial charge in [-0.3, -0.25) is 0 Å². The first-order chi connectivity index (χ1) is 7.02. The van der Waals surface area contributed by atoms with Crippen LogP contribution in [0.1, 0.15) is 18.6 Å². The number of aliphatic hydroxyl groups excluding tert-OH is 1. The van der Waals surface area contributed by atoms with Gasteiger partial charge in [0.1, 0.15) is 0 Å². The Bertz CT molecular complexity index is 363. The second-order valence-corrected chi connectivity index (χ2v) is 3.03. The minimum Gasteiger partial charge on any atom is -0.505 e. The number of ether oxygens (including phenoxy) is 2. The number of hydrogen-bond donors (Lipinski definition) is 2. The van der Waals surface area contributed by atoms with E-state index in [1.165, 1.54) is 21.1 Å². The Morgan fingerprint density at radius 1 is 1.33 bits per heavy atom. The zero-order valence-corrected chi connectivity index (χ0v) is 8.74. The van der Waals surface area contributed by atoms with Gasteiger partial charge in [0.2, 0.25) is 0 Å². The molecule has 1 aromatic carbocycles. The van der Waals surface area contributed by atoms with Crippen LogP contribution in [-0.4, -0.2) is 24.4 Å². The highest BCUT2D eigenvalue weighted by Crippen LogP contribution is 2.40. The molecule has 0 aliphatic carbocycles. The molecule has 84 valence electrons. The summed E-state index contributed by atoms with van der Waals surface area (Å²) >= 11 is 0. The van der Waals surface area contributed by atoms with Crippen LogP contribution in [0.5, 0.6) is 17.2 Å². The second kappa shape index (κ2) is 4.35. The number of rotatable bonds is 3. The number of aromatic hydroxyl groups is 1. The van der Waals surface area contributed by atoms with Crippen LogP contribution in [0.4, 0.5) is 4.39 Å². The Hall–Kier alpha value is -1.49. The molecule has 0 aromatic heterocycles. The summed E-state index contributed by atoms with van der Waals surface area (Å²) in [5, 5.41) is 18.6. The molecule has 0 heterocycles. The third kappa shape index (κ3) is 1.97. The number of hydrogen-bond acceptors (Lipinski definition) is 4. The average molecular weight is 216 g/mol. The van der Waals surface area contributed by atoms with Crippen molar-refractivity contribution in [1.82, 2.24) is 0 Å². The molecule has 0 saturated heterocycles. The van der Waals surface area contributed by atoms with Crippen LogP contribution in [0.25, 0.3) is 0 Å². The molecule has 0 aliphatic heterocycles. The Balaban J connectivity index is 3.49. The van der Waals surface area contributed by atoms with E-state index in [9.17, 15) is 14.6 Å². The van der Waals surface area contributed by atoms with E-state index in [0.29, 0.717) is 0 Å². The van der Waals surface area contributed by atoms with Crippen LogP contribution < -0.4 is 9.47 Å². The van der Waals surface area contributed by atoms with E-state index in [4.69, 9.17) is 9.47 Å². The Kier molecular flexibility index (Phi) is 3.36. The standard InChI is InChI=1S/C10H13FO4/c1-5(12)8-9(11)6(13)4-7(14-2)10(8)15-3/h4-5,12-13H,1-3H3. The number of aliphatic hydroxyl groups is 1. The van der Waals surface area contributed by atoms with Gasteiger partial charge >= 0.3 is 0 Å². The maximum Gasteiger partial charge on any atom is 0.174 e. The maximum absolute atomic E-state index is 13.5. The fourth-order valence-corrected chi connectivity index (χ4v) is 1.36. The molecule has 5 heteroatoms. The number of methoxy groups -OCH3 is 2. The van der Waals surface area contributed by atoms with Crippen molar-refractivity contribution in [1.29, 1.82) is 0 Å². The molecule has 1 aromatic rings. The molecule has 1 atom stereocenters. The Morgan fingerprint density at radius 3 is 2.33 bits per heavy atom. The van der Waals surface area contributed by atoms with E-state index in [2.05, 4.69) is 0 Å². The highest BCUT2D eigenvalue weighted by atomic mass is 19.1. The van der Waals surface area contributed by atoms with E-state index >= 15 is 0 Å². The van der Waals surface area contributed by atoms with Crippen molar-refractivity contribution in [2.45, 2.75) is 13.0 Å². The first-order valence-electron chi connectivity index (χ1n) is 4.34. The summed E-state index contributed by atoms with van der Waals surface area (Å²) in [6.45, 7) is 1.37. The molecule has 1 unspecified atom stereocenters. The van der Waals surface area contributed by atoms with Crippen LogP contribution in [0.15, 0.2) is 6.07 Å². The molecule has 0 fully saturated rings. The van der Waals surface area contributed by atoms with Gasteiger partial charge < -0.3 is 19.7 Å². The fourth-order valence-electron chi connectivity index (χ4n) is 1.36. The molecule has 0 saturated carbocycles. The predicted molar refractivity (Wildman–Crippen MR) is 51.8 cm³/mol. The largest absolute Gasteiger partial charge is 0.505 e. The Labute approximate surface area is 86.9 Å². The van der Waals surface area contributed by atoms with Gasteiger partial charge in [0.25, 0.3) is 0 Å². The lowest BCUT2D eigenvalue weighted by atomic mass is 10.1. The summed E-state index contributed by atoms with van der Waals surface area (Å²) in [4.78, 5) is 0. The molecule has 2 N–H and O–H groups in total. The maximum atomic E-state index is 13.5. The monoisotopic (exact) mass is 216 g/mol. The molecule has 0 bridgehead atoms. The van der Waals surface area contributed by atoms with E-state index in [1.54, 1.807) is 0 Å². The smallest absolute Gasteiger partial charge is 0.174 e. The van der Waals surface area contributed by atoms with Crippen LogP contribution >= 0.6 is 0 Å². The zero-order valence-electron chi connectivity index (χ0n) is 8.74. The van der Waals surface area contributed by atoms with E-state index in [0.717, 1.165) is 6.07 Å². The van der Waals surface area contributed by atoms with E-state index in [1.807, 2.05) is 0 Å². The normalized spacial score (nSPS) is 12.3. The highest BCUT2D eigenvalue weighted by molar-refractivity contribution is 5.53. The Morgan fingerprint density at radius 2 is 1.93 bits per heavy atom. The lowest BCUT2D eigenvalue weighted by Gasteiger charge is -2.16. The molecular formula is C10H13FO4. The van der Waals surface area contributed by atoms with Gasteiger partial charge in [0, 0.05) is 6.07 Å². The molecule has 4 nitrogen and oxygen atoms in total. The fraction of sp³-hybridized carbons (Fsp3) is 0.400. The summed E-state index contributed by atoms with van der Waals surface area (Å²) in [5.41, 5.74) is -0.116. The van der Waals surface area contributed by atoms with Crippen molar-refractivity contribution in [3.05, 3.63) is 17.4 Å². The second-order valence-electron chi connectivity index (χ2n) is 3.03. The number of halogens is 1. The van der Waals surface area contributed by atoms with Crippen LogP contribution in [0.2, 0.25) is 0 Å². The van der Waals surface area contributed by atoms with Gasteiger partial charge in [-0.15, -0.1) is 0 Å². The van der Waals surface area contributed by atoms with Crippen LogP contribution in [0, 0.1) is 5.82 Å². The van der Waals surface area contributed by atoms with Crippen molar-refractivity contribution >= 4 is 0 Å². The van der Waals surface area contributed by atoms with Crippen molar-refractivity contribution in [3.8, 4) is 17.2 Å². The number of benzene rings is 1. The molecule has 15 heavy (non-hydrogen) atoms. The average Bonchev–Trinajstić information content (AvgIpc) is 2.20. The summed E-state index contributed by atoms with van der Waals surface area (Å²) < 4.78 is 23.3. The molecular weight excluding hydrogens is 203 g/mol. The molecule has 1 rings (SSSR count). The summed E-state index contributed by atoms with van der Waals surface area (Å²) in [7, 11) is 2.70. The lowest BCUT2D eigenvalue weighted by Crippen LogP contribution is -2.03. The predicted octanol–water partition coefficient (Wildman–Crippen LogP) is 1.60. The van der Waals surface area contributed by atoms with Crippen molar-refractivity contribution in [3.63, 3.8) is 0 Å². The molecule has 0 spiro atoms. The van der Waals surface area contributed by atoms with E-state index < -0.39 is 17.7 Å². The highest BCUT2D eigenvalue weighted by Gasteiger charge is 2.22. The van der Waals surface area contributed by atoms with Gasteiger partial charge in [-0.05, 0) is 6.92 Å². The topological polar surface area (TPSA) is 58.9 Å². The first kappa shape index (κ1) is 11.6. The molecule has 0 amide bonds. The molecule has 0 radical (unpaired) electrons. The summed E-state index contributed by atoms with van der Waals surface area (Å²) in [6, 6.07) is 1.10. The first-order valence-corrected chi connectivity index (χ1v) is 4.34.